The first-order valence-electron chi connectivity index (χ1n) is 8.68. The number of hydrogen-bond acceptors (Lipinski definition) is 5. The number of hydrogen-bond donors (Lipinski definition) is 0. The number of nitrogens with zero attached hydrogens (tertiary/aromatic N) is 5. The van der Waals surface area contributed by atoms with Crippen LogP contribution in [0.2, 0.25) is 0 Å². The molecule has 2 fully saturated rings. The van der Waals surface area contributed by atoms with Gasteiger partial charge < -0.3 is 9.80 Å². The van der Waals surface area contributed by atoms with Gasteiger partial charge in [0.15, 0.2) is 0 Å². The Morgan fingerprint density at radius 3 is 2.50 bits per heavy atom. The van der Waals surface area contributed by atoms with Gasteiger partial charge in [0.05, 0.1) is 11.6 Å². The van der Waals surface area contributed by atoms with Gasteiger partial charge in [-0.3, -0.25) is 0 Å². The Morgan fingerprint density at radius 1 is 1.08 bits per heavy atom. The Bertz CT molecular complexity index is 802. The molecule has 0 radical (unpaired) electrons. The molecule has 2 atom stereocenters. The van der Waals surface area contributed by atoms with E-state index in [2.05, 4.69) is 19.9 Å². The average Bonchev–Trinajstić information content (AvgIpc) is 3.13. The fourth-order valence-corrected chi connectivity index (χ4v) is 4.00. The number of fused-ring (bicyclic) bond motifs is 1. The summed E-state index contributed by atoms with van der Waals surface area (Å²) in [6.07, 6.45) is -2.14. The van der Waals surface area contributed by atoms with Crippen LogP contribution in [0.4, 0.5) is 24.9 Å². The van der Waals surface area contributed by atoms with E-state index in [4.69, 9.17) is 0 Å². The molecule has 4 rings (SSSR count). The van der Waals surface area contributed by atoms with E-state index >= 15 is 0 Å². The highest BCUT2D eigenvalue weighted by atomic mass is 19.4. The summed E-state index contributed by atoms with van der Waals surface area (Å²) >= 11 is 0. The zero-order valence-corrected chi connectivity index (χ0v) is 14.7. The minimum Gasteiger partial charge on any atom is -0.354 e. The van der Waals surface area contributed by atoms with Crippen LogP contribution in [0.15, 0.2) is 24.4 Å². The molecule has 0 bridgehead atoms. The molecule has 4 heterocycles. The van der Waals surface area contributed by atoms with Crippen molar-refractivity contribution in [1.82, 2.24) is 15.0 Å². The van der Waals surface area contributed by atoms with E-state index in [1.807, 2.05) is 24.8 Å². The number of aromatic nitrogens is 3. The molecule has 0 aliphatic carbocycles. The molecular weight excluding hydrogens is 343 g/mol. The van der Waals surface area contributed by atoms with Crippen LogP contribution >= 0.6 is 0 Å². The average molecular weight is 363 g/mol. The number of pyridine rings is 1. The van der Waals surface area contributed by atoms with Gasteiger partial charge in [-0.2, -0.15) is 13.2 Å². The van der Waals surface area contributed by atoms with Crippen molar-refractivity contribution < 1.29 is 13.2 Å². The second-order valence-corrected chi connectivity index (χ2v) is 7.07. The molecule has 8 heteroatoms. The topological polar surface area (TPSA) is 45.2 Å². The van der Waals surface area contributed by atoms with E-state index in [-0.39, 0.29) is 6.04 Å². The molecule has 0 saturated carbocycles. The Labute approximate surface area is 149 Å². The largest absolute Gasteiger partial charge is 0.416 e. The Balaban J connectivity index is 1.57. The summed E-state index contributed by atoms with van der Waals surface area (Å²) in [5.41, 5.74) is 1.18. The van der Waals surface area contributed by atoms with Gasteiger partial charge in [-0.05, 0) is 38.5 Å². The molecule has 0 spiro atoms. The quantitative estimate of drug-likeness (QED) is 0.820. The number of alkyl halides is 3. The molecule has 2 saturated heterocycles. The minimum absolute atomic E-state index is 0.201. The predicted molar refractivity (Wildman–Crippen MR) is 92.2 cm³/mol. The molecule has 26 heavy (non-hydrogen) atoms. The summed E-state index contributed by atoms with van der Waals surface area (Å²) in [4.78, 5) is 17.4. The van der Waals surface area contributed by atoms with Crippen molar-refractivity contribution in [2.24, 2.45) is 5.92 Å². The summed E-state index contributed by atoms with van der Waals surface area (Å²) < 4.78 is 38.9. The lowest BCUT2D eigenvalue weighted by Crippen LogP contribution is -2.36. The van der Waals surface area contributed by atoms with Gasteiger partial charge >= 0.3 is 6.18 Å². The molecule has 2 unspecified atom stereocenters. The minimum atomic E-state index is -4.35. The highest BCUT2D eigenvalue weighted by Gasteiger charge is 2.43. The molecular formula is C18H20F3N5. The van der Waals surface area contributed by atoms with Crippen LogP contribution in [0.5, 0.6) is 0 Å². The standard InChI is InChI=1S/C18H20F3N5/c1-11-7-12(2)24-17(23-11)26-6-4-13-9-25(10-15(13)26)16-8-14(3-5-22-16)18(19,20)21/h3,5,7-8,13,15H,4,6,9-10H2,1-2H3. The molecule has 2 aromatic heterocycles. The second-order valence-electron chi connectivity index (χ2n) is 7.07. The maximum Gasteiger partial charge on any atom is 0.416 e. The van der Waals surface area contributed by atoms with E-state index in [9.17, 15) is 13.2 Å². The first kappa shape index (κ1) is 17.1. The van der Waals surface area contributed by atoms with Gasteiger partial charge in [-0.15, -0.1) is 0 Å². The molecule has 5 nitrogen and oxygen atoms in total. The number of aryl methyl sites for hydroxylation is 2. The molecule has 2 aromatic rings. The Hall–Kier alpha value is -2.38. The fourth-order valence-electron chi connectivity index (χ4n) is 4.00. The number of rotatable bonds is 2. The van der Waals surface area contributed by atoms with Gasteiger partial charge in [0, 0.05) is 43.1 Å². The summed E-state index contributed by atoms with van der Waals surface area (Å²) in [6.45, 7) is 6.11. The summed E-state index contributed by atoms with van der Waals surface area (Å²) in [5, 5.41) is 0. The van der Waals surface area contributed by atoms with Crippen molar-refractivity contribution >= 4 is 11.8 Å². The third kappa shape index (κ3) is 3.08. The van der Waals surface area contributed by atoms with Crippen molar-refractivity contribution in [3.63, 3.8) is 0 Å². The lowest BCUT2D eigenvalue weighted by atomic mass is 10.1. The highest BCUT2D eigenvalue weighted by molar-refractivity contribution is 5.47. The monoisotopic (exact) mass is 363 g/mol. The van der Waals surface area contributed by atoms with Crippen molar-refractivity contribution in [3.05, 3.63) is 41.3 Å². The zero-order valence-electron chi connectivity index (χ0n) is 14.7. The molecule has 138 valence electrons. The predicted octanol–water partition coefficient (Wildman–Crippen LogP) is 3.22. The third-order valence-electron chi connectivity index (χ3n) is 5.17. The van der Waals surface area contributed by atoms with E-state index in [1.165, 1.54) is 6.20 Å². The molecule has 2 aliphatic heterocycles. The SMILES string of the molecule is Cc1cc(C)nc(N2CCC3CN(c4cc(C(F)(F)F)ccn4)CC32)n1. The van der Waals surface area contributed by atoms with Gasteiger partial charge in [-0.1, -0.05) is 0 Å². The van der Waals surface area contributed by atoms with Crippen molar-refractivity contribution in [3.8, 4) is 0 Å². The highest BCUT2D eigenvalue weighted by Crippen LogP contribution is 2.37. The van der Waals surface area contributed by atoms with Crippen LogP contribution in [-0.2, 0) is 6.18 Å². The van der Waals surface area contributed by atoms with Gasteiger partial charge in [-0.25, -0.2) is 15.0 Å². The third-order valence-corrected chi connectivity index (χ3v) is 5.17. The summed E-state index contributed by atoms with van der Waals surface area (Å²) in [6, 6.07) is 4.28. The first-order chi connectivity index (χ1) is 12.3. The lowest BCUT2D eigenvalue weighted by molar-refractivity contribution is -0.137. The van der Waals surface area contributed by atoms with E-state index < -0.39 is 11.7 Å². The second kappa shape index (κ2) is 6.10. The molecule has 2 aliphatic rings. The van der Waals surface area contributed by atoms with Crippen LogP contribution < -0.4 is 9.80 Å². The first-order valence-corrected chi connectivity index (χ1v) is 8.68. The smallest absolute Gasteiger partial charge is 0.354 e. The van der Waals surface area contributed by atoms with E-state index in [0.717, 1.165) is 36.5 Å². The number of anilines is 2. The fraction of sp³-hybridized carbons (Fsp3) is 0.500. The number of halogens is 3. The van der Waals surface area contributed by atoms with Gasteiger partial charge in [0.2, 0.25) is 5.95 Å². The molecule has 0 amide bonds. The van der Waals surface area contributed by atoms with Crippen LogP contribution in [0.3, 0.4) is 0 Å². The maximum atomic E-state index is 13.0. The summed E-state index contributed by atoms with van der Waals surface area (Å²) in [7, 11) is 0. The Kier molecular flexibility index (Phi) is 4.00. The normalized spacial score (nSPS) is 22.8. The van der Waals surface area contributed by atoms with Crippen molar-refractivity contribution in [1.29, 1.82) is 0 Å². The van der Waals surface area contributed by atoms with E-state index in [0.29, 0.717) is 30.8 Å². The zero-order chi connectivity index (χ0) is 18.5. The van der Waals surface area contributed by atoms with Crippen LogP contribution in [0.1, 0.15) is 23.4 Å². The van der Waals surface area contributed by atoms with Crippen LogP contribution in [0.25, 0.3) is 0 Å². The van der Waals surface area contributed by atoms with Gasteiger partial charge in [0.25, 0.3) is 0 Å². The lowest BCUT2D eigenvalue weighted by Gasteiger charge is -2.26. The molecule has 0 aromatic carbocycles. The van der Waals surface area contributed by atoms with Crippen LogP contribution in [-0.4, -0.2) is 40.6 Å². The van der Waals surface area contributed by atoms with E-state index in [1.54, 1.807) is 0 Å². The van der Waals surface area contributed by atoms with Crippen molar-refractivity contribution in [2.45, 2.75) is 32.5 Å². The van der Waals surface area contributed by atoms with Gasteiger partial charge in [0.1, 0.15) is 5.82 Å². The summed E-state index contributed by atoms with van der Waals surface area (Å²) in [5.74, 6) is 1.49. The maximum absolute atomic E-state index is 13.0. The Morgan fingerprint density at radius 2 is 1.81 bits per heavy atom. The van der Waals surface area contributed by atoms with Crippen molar-refractivity contribution in [2.75, 3.05) is 29.4 Å². The molecule has 0 N–H and O–H groups in total. The van der Waals surface area contributed by atoms with Crippen LogP contribution in [0, 0.1) is 19.8 Å².